The molecule has 0 radical (unpaired) electrons. The van der Waals surface area contributed by atoms with Gasteiger partial charge in [-0.1, -0.05) is 24.3 Å². The number of rotatable bonds is 8. The third kappa shape index (κ3) is 5.31. The number of carbonyl (C=O) groups is 2. The molecular weight excluding hydrogens is 470 g/mol. The van der Waals surface area contributed by atoms with Crippen LogP contribution in [0.2, 0.25) is 0 Å². The Hall–Kier alpha value is -4.26. The van der Waals surface area contributed by atoms with Crippen LogP contribution in [0.1, 0.15) is 42.1 Å². The number of aliphatic hydroxyl groups excluding tert-OH is 1. The molecule has 3 aromatic carbocycles. The van der Waals surface area contributed by atoms with Gasteiger partial charge in [0.1, 0.15) is 23.0 Å². The summed E-state index contributed by atoms with van der Waals surface area (Å²) in [5.41, 5.74) is 2.74. The summed E-state index contributed by atoms with van der Waals surface area (Å²) in [4.78, 5) is 28.2. The highest BCUT2D eigenvalue weighted by Gasteiger charge is 2.46. The SMILES string of the molecule is COc1ccc(CN2C(=O)C(=O)/C(=C(/O)c3ccc(OC)c(C)c3)C2c2cccc(OC(C)C)c2)cc1. The summed E-state index contributed by atoms with van der Waals surface area (Å²) >= 11 is 0. The van der Waals surface area contributed by atoms with E-state index in [9.17, 15) is 14.7 Å². The minimum Gasteiger partial charge on any atom is -0.507 e. The van der Waals surface area contributed by atoms with Crippen molar-refractivity contribution in [2.24, 2.45) is 0 Å². The van der Waals surface area contributed by atoms with Gasteiger partial charge in [0, 0.05) is 12.1 Å². The number of aryl methyl sites for hydroxylation is 1. The summed E-state index contributed by atoms with van der Waals surface area (Å²) in [5, 5.41) is 11.4. The van der Waals surface area contributed by atoms with E-state index in [0.29, 0.717) is 28.4 Å². The van der Waals surface area contributed by atoms with Crippen LogP contribution in [0.15, 0.2) is 72.3 Å². The highest BCUT2D eigenvalue weighted by atomic mass is 16.5. The van der Waals surface area contributed by atoms with Crippen molar-refractivity contribution in [1.29, 1.82) is 0 Å². The molecule has 0 bridgehead atoms. The van der Waals surface area contributed by atoms with Crippen LogP contribution in [0.25, 0.3) is 5.76 Å². The number of ketones is 1. The van der Waals surface area contributed by atoms with Gasteiger partial charge in [-0.3, -0.25) is 9.59 Å². The lowest BCUT2D eigenvalue weighted by Gasteiger charge is -2.26. The van der Waals surface area contributed by atoms with Crippen molar-refractivity contribution in [2.45, 2.75) is 39.5 Å². The lowest BCUT2D eigenvalue weighted by atomic mass is 9.94. The molecule has 0 spiro atoms. The molecule has 37 heavy (non-hydrogen) atoms. The Labute approximate surface area is 216 Å². The van der Waals surface area contributed by atoms with Gasteiger partial charge >= 0.3 is 0 Å². The molecule has 0 saturated carbocycles. The van der Waals surface area contributed by atoms with Crippen molar-refractivity contribution in [3.05, 3.63) is 94.6 Å². The van der Waals surface area contributed by atoms with E-state index in [1.165, 1.54) is 4.90 Å². The molecule has 0 aliphatic carbocycles. The van der Waals surface area contributed by atoms with E-state index in [-0.39, 0.29) is 24.0 Å². The summed E-state index contributed by atoms with van der Waals surface area (Å²) < 4.78 is 16.4. The fraction of sp³-hybridized carbons (Fsp3) is 0.267. The molecule has 1 atom stereocenters. The van der Waals surface area contributed by atoms with Gasteiger partial charge in [-0.2, -0.15) is 0 Å². The van der Waals surface area contributed by atoms with Crippen LogP contribution in [0.4, 0.5) is 0 Å². The number of nitrogens with zero attached hydrogens (tertiary/aromatic N) is 1. The van der Waals surface area contributed by atoms with Gasteiger partial charge in [-0.25, -0.2) is 0 Å². The Bertz CT molecular complexity index is 1340. The molecule has 1 heterocycles. The van der Waals surface area contributed by atoms with Crippen molar-refractivity contribution in [2.75, 3.05) is 14.2 Å². The standard InChI is InChI=1S/C30H31NO6/c1-18(2)37-24-8-6-7-21(16-24)27-26(28(32)22-11-14-25(36-5)19(3)15-22)29(33)30(34)31(27)17-20-9-12-23(35-4)13-10-20/h6-16,18,27,32H,17H2,1-5H3/b28-26+. The smallest absolute Gasteiger partial charge is 0.295 e. The summed E-state index contributed by atoms with van der Waals surface area (Å²) in [6, 6.07) is 18.9. The summed E-state index contributed by atoms with van der Waals surface area (Å²) in [6.07, 6.45) is -0.0526. The fourth-order valence-corrected chi connectivity index (χ4v) is 4.53. The summed E-state index contributed by atoms with van der Waals surface area (Å²) in [5.74, 6) is 0.314. The lowest BCUT2D eigenvalue weighted by molar-refractivity contribution is -0.140. The van der Waals surface area contributed by atoms with Crippen molar-refractivity contribution in [1.82, 2.24) is 4.90 Å². The predicted molar refractivity (Wildman–Crippen MR) is 141 cm³/mol. The molecule has 1 N–H and O–H groups in total. The van der Waals surface area contributed by atoms with E-state index in [1.54, 1.807) is 44.6 Å². The summed E-state index contributed by atoms with van der Waals surface area (Å²) in [7, 11) is 3.15. The number of Topliss-reactive ketones (excluding diaryl/α,β-unsaturated/α-hetero) is 1. The highest BCUT2D eigenvalue weighted by molar-refractivity contribution is 6.46. The van der Waals surface area contributed by atoms with Crippen LogP contribution < -0.4 is 14.2 Å². The Balaban J connectivity index is 1.85. The molecule has 1 unspecified atom stereocenters. The highest BCUT2D eigenvalue weighted by Crippen LogP contribution is 2.41. The predicted octanol–water partition coefficient (Wildman–Crippen LogP) is 5.42. The number of benzene rings is 3. The molecule has 1 saturated heterocycles. The Morgan fingerprint density at radius 3 is 2.30 bits per heavy atom. The first-order valence-electron chi connectivity index (χ1n) is 12.1. The van der Waals surface area contributed by atoms with Crippen molar-refractivity contribution < 1.29 is 28.9 Å². The van der Waals surface area contributed by atoms with Crippen molar-refractivity contribution in [3.8, 4) is 17.2 Å². The number of ether oxygens (including phenoxy) is 3. The number of aliphatic hydroxyl groups is 1. The van der Waals surface area contributed by atoms with E-state index >= 15 is 0 Å². The molecule has 4 rings (SSSR count). The average molecular weight is 502 g/mol. The molecule has 1 aliphatic heterocycles. The van der Waals surface area contributed by atoms with Gasteiger partial charge in [0.2, 0.25) is 0 Å². The second kappa shape index (κ2) is 10.8. The molecule has 0 aromatic heterocycles. The molecule has 7 nitrogen and oxygen atoms in total. The maximum Gasteiger partial charge on any atom is 0.295 e. The van der Waals surface area contributed by atoms with Crippen LogP contribution in [0.3, 0.4) is 0 Å². The number of methoxy groups -OCH3 is 2. The van der Waals surface area contributed by atoms with Crippen LogP contribution in [-0.2, 0) is 16.1 Å². The second-order valence-corrected chi connectivity index (χ2v) is 9.20. The van der Waals surface area contributed by atoms with E-state index in [4.69, 9.17) is 14.2 Å². The zero-order chi connectivity index (χ0) is 26.7. The van der Waals surface area contributed by atoms with Gasteiger partial charge in [-0.05, 0) is 79.9 Å². The van der Waals surface area contributed by atoms with Crippen LogP contribution in [0.5, 0.6) is 17.2 Å². The topological polar surface area (TPSA) is 85.3 Å². The van der Waals surface area contributed by atoms with Crippen molar-refractivity contribution in [3.63, 3.8) is 0 Å². The second-order valence-electron chi connectivity index (χ2n) is 9.20. The van der Waals surface area contributed by atoms with Crippen LogP contribution >= 0.6 is 0 Å². The number of hydrogen-bond donors (Lipinski definition) is 1. The molecule has 7 heteroatoms. The lowest BCUT2D eigenvalue weighted by Crippen LogP contribution is -2.29. The zero-order valence-corrected chi connectivity index (χ0v) is 21.6. The van der Waals surface area contributed by atoms with Gasteiger partial charge in [0.25, 0.3) is 11.7 Å². The first kappa shape index (κ1) is 25.8. The molecule has 1 fully saturated rings. The quantitative estimate of drug-likeness (QED) is 0.252. The first-order chi connectivity index (χ1) is 17.7. The van der Waals surface area contributed by atoms with Gasteiger partial charge < -0.3 is 24.2 Å². The Morgan fingerprint density at radius 2 is 1.68 bits per heavy atom. The Morgan fingerprint density at radius 1 is 0.946 bits per heavy atom. The van der Waals surface area contributed by atoms with E-state index in [0.717, 1.165) is 11.1 Å². The van der Waals surface area contributed by atoms with Crippen molar-refractivity contribution >= 4 is 17.4 Å². The van der Waals surface area contributed by atoms with Crippen LogP contribution in [0, 0.1) is 6.92 Å². The van der Waals surface area contributed by atoms with E-state index in [2.05, 4.69) is 0 Å². The van der Waals surface area contributed by atoms with Gasteiger partial charge in [0.15, 0.2) is 0 Å². The minimum atomic E-state index is -0.805. The summed E-state index contributed by atoms with van der Waals surface area (Å²) in [6.45, 7) is 5.87. The number of likely N-dealkylation sites (tertiary alicyclic amines) is 1. The van der Waals surface area contributed by atoms with E-state index in [1.807, 2.05) is 57.2 Å². The average Bonchev–Trinajstić information content (AvgIpc) is 3.13. The molecule has 192 valence electrons. The molecule has 3 aromatic rings. The molecule has 1 amide bonds. The zero-order valence-electron chi connectivity index (χ0n) is 21.6. The molecular formula is C30H31NO6. The number of amides is 1. The maximum atomic E-state index is 13.4. The fourth-order valence-electron chi connectivity index (χ4n) is 4.53. The third-order valence-corrected chi connectivity index (χ3v) is 6.27. The normalized spacial score (nSPS) is 16.8. The minimum absolute atomic E-state index is 0.0322. The van der Waals surface area contributed by atoms with Crippen LogP contribution in [-0.4, -0.2) is 42.0 Å². The number of carbonyl (C=O) groups excluding carboxylic acids is 2. The maximum absolute atomic E-state index is 13.4. The third-order valence-electron chi connectivity index (χ3n) is 6.27. The largest absolute Gasteiger partial charge is 0.507 e. The van der Waals surface area contributed by atoms with E-state index < -0.39 is 17.7 Å². The molecule has 1 aliphatic rings. The monoisotopic (exact) mass is 501 g/mol. The first-order valence-corrected chi connectivity index (χ1v) is 12.1. The Kier molecular flexibility index (Phi) is 7.53. The van der Waals surface area contributed by atoms with Gasteiger partial charge in [-0.15, -0.1) is 0 Å². The van der Waals surface area contributed by atoms with Gasteiger partial charge in [0.05, 0.1) is 31.9 Å². The number of hydrogen-bond acceptors (Lipinski definition) is 6.